The van der Waals surface area contributed by atoms with Crippen molar-refractivity contribution >= 4 is 36.5 Å². The van der Waals surface area contributed by atoms with Crippen LogP contribution in [0.5, 0.6) is 0 Å². The normalized spacial score (nSPS) is 17.9. The Morgan fingerprint density at radius 2 is 0.771 bits per heavy atom. The van der Waals surface area contributed by atoms with Crippen molar-refractivity contribution in [3.63, 3.8) is 0 Å². The Bertz CT molecular complexity index is 1340. The lowest BCUT2D eigenvalue weighted by Gasteiger charge is -2.35. The molecule has 0 aliphatic heterocycles. The summed E-state index contributed by atoms with van der Waals surface area (Å²) in [4.78, 5) is -1.49. The SMILES string of the molecule is COP(=O)(c1ccccc1)C1(P(=O)(OC)c2ccccc2)C(c2ccccc2)=C1c1ccccc1. The fourth-order valence-electron chi connectivity index (χ4n) is 5.02. The van der Waals surface area contributed by atoms with Crippen LogP contribution in [-0.2, 0) is 18.2 Å². The minimum Gasteiger partial charge on any atom is -0.327 e. The van der Waals surface area contributed by atoms with Gasteiger partial charge in [-0.25, -0.2) is 0 Å². The molecular weight excluding hydrogens is 474 g/mol. The van der Waals surface area contributed by atoms with Gasteiger partial charge in [-0.2, -0.15) is 0 Å². The molecule has 0 amide bonds. The zero-order valence-electron chi connectivity index (χ0n) is 19.6. The Labute approximate surface area is 206 Å². The molecule has 4 aromatic carbocycles. The largest absolute Gasteiger partial charge is 0.327 e. The molecule has 6 heteroatoms. The number of hydrogen-bond donors (Lipinski definition) is 0. The second-order valence-corrected chi connectivity index (χ2v) is 14.0. The summed E-state index contributed by atoms with van der Waals surface area (Å²) in [5.74, 6) is 0. The predicted octanol–water partition coefficient (Wildman–Crippen LogP) is 6.81. The molecule has 0 spiro atoms. The summed E-state index contributed by atoms with van der Waals surface area (Å²) in [6, 6.07) is 37.5. The van der Waals surface area contributed by atoms with Gasteiger partial charge >= 0.3 is 0 Å². The molecule has 4 aromatic rings. The Morgan fingerprint density at radius 1 is 0.486 bits per heavy atom. The van der Waals surface area contributed by atoms with Crippen molar-refractivity contribution in [2.75, 3.05) is 14.2 Å². The van der Waals surface area contributed by atoms with Crippen molar-refractivity contribution < 1.29 is 18.2 Å². The average molecular weight is 500 g/mol. The first-order chi connectivity index (χ1) is 17.0. The van der Waals surface area contributed by atoms with E-state index in [1.54, 1.807) is 24.3 Å². The van der Waals surface area contributed by atoms with E-state index >= 15 is 9.13 Å². The van der Waals surface area contributed by atoms with Crippen LogP contribution in [0.2, 0.25) is 0 Å². The summed E-state index contributed by atoms with van der Waals surface area (Å²) in [6.07, 6.45) is 0. The van der Waals surface area contributed by atoms with Crippen LogP contribution in [0.4, 0.5) is 0 Å². The van der Waals surface area contributed by atoms with E-state index in [1.165, 1.54) is 14.2 Å². The predicted molar refractivity (Wildman–Crippen MR) is 144 cm³/mol. The van der Waals surface area contributed by atoms with Crippen molar-refractivity contribution in [3.8, 4) is 0 Å². The maximum absolute atomic E-state index is 15.3. The van der Waals surface area contributed by atoms with Gasteiger partial charge in [-0.15, -0.1) is 0 Å². The zero-order chi connectivity index (χ0) is 24.5. The number of benzene rings is 4. The molecule has 0 saturated heterocycles. The average Bonchev–Trinajstić information content (AvgIpc) is 3.66. The first-order valence-electron chi connectivity index (χ1n) is 11.3. The number of hydrogen-bond acceptors (Lipinski definition) is 4. The minimum atomic E-state index is -3.85. The van der Waals surface area contributed by atoms with E-state index in [2.05, 4.69) is 0 Å². The molecular formula is C29H26O4P2. The van der Waals surface area contributed by atoms with Gasteiger partial charge in [-0.3, -0.25) is 9.13 Å². The molecule has 0 fully saturated rings. The molecule has 2 unspecified atom stereocenters. The molecule has 0 N–H and O–H groups in total. The Balaban J connectivity index is 1.91. The summed E-state index contributed by atoms with van der Waals surface area (Å²) in [6.45, 7) is 0. The van der Waals surface area contributed by atoms with Crippen molar-refractivity contribution in [2.45, 2.75) is 4.90 Å². The number of allylic oxidation sites excluding steroid dienone is 2. The second kappa shape index (κ2) is 9.22. The lowest BCUT2D eigenvalue weighted by atomic mass is 10.1. The van der Waals surface area contributed by atoms with Gasteiger partial charge in [0.05, 0.1) is 0 Å². The maximum Gasteiger partial charge on any atom is 0.256 e. The lowest BCUT2D eigenvalue weighted by Crippen LogP contribution is -2.30. The van der Waals surface area contributed by atoms with E-state index in [-0.39, 0.29) is 0 Å². The number of rotatable bonds is 8. The minimum absolute atomic E-state index is 0.495. The monoisotopic (exact) mass is 500 g/mol. The highest BCUT2D eigenvalue weighted by atomic mass is 31.2. The van der Waals surface area contributed by atoms with Crippen LogP contribution in [0.1, 0.15) is 11.1 Å². The van der Waals surface area contributed by atoms with Crippen molar-refractivity contribution in [3.05, 3.63) is 132 Å². The Kier molecular flexibility index (Phi) is 6.25. The highest BCUT2D eigenvalue weighted by molar-refractivity contribution is 7.88. The summed E-state index contributed by atoms with van der Waals surface area (Å²) in [5.41, 5.74) is 3.14. The van der Waals surface area contributed by atoms with Crippen LogP contribution in [0, 0.1) is 0 Å². The zero-order valence-corrected chi connectivity index (χ0v) is 21.4. The molecule has 0 aromatic heterocycles. The van der Waals surface area contributed by atoms with Gasteiger partial charge < -0.3 is 9.05 Å². The molecule has 0 saturated carbocycles. The first-order valence-corrected chi connectivity index (χ1v) is 14.6. The lowest BCUT2D eigenvalue weighted by molar-refractivity contribution is 0.382. The molecule has 0 radical (unpaired) electrons. The summed E-state index contributed by atoms with van der Waals surface area (Å²) in [7, 11) is -4.84. The van der Waals surface area contributed by atoms with Gasteiger partial charge in [0.1, 0.15) is 0 Å². The maximum atomic E-state index is 15.3. The van der Waals surface area contributed by atoms with Gasteiger partial charge in [-0.05, 0) is 46.5 Å². The molecule has 1 aliphatic rings. The smallest absolute Gasteiger partial charge is 0.256 e. The van der Waals surface area contributed by atoms with Crippen LogP contribution in [0.3, 0.4) is 0 Å². The van der Waals surface area contributed by atoms with Crippen LogP contribution in [0.15, 0.2) is 121 Å². The fourth-order valence-corrected chi connectivity index (χ4v) is 12.4. The standard InChI is InChI=1S/C29H26O4P2/c1-32-34(30,25-19-11-5-12-20-25)29(35(31,33-2)26-21-13-6-14-22-26)27(23-15-7-3-8-16-23)28(29)24-17-9-4-10-18-24/h3-22H,1-2H3. The third-order valence-electron chi connectivity index (χ3n) is 6.57. The third-order valence-corrected chi connectivity index (χ3v) is 13.7. The molecule has 0 heterocycles. The van der Waals surface area contributed by atoms with Crippen molar-refractivity contribution in [2.24, 2.45) is 0 Å². The molecule has 176 valence electrons. The van der Waals surface area contributed by atoms with Crippen molar-refractivity contribution in [1.82, 2.24) is 0 Å². The summed E-state index contributed by atoms with van der Waals surface area (Å²) < 4.78 is 42.6. The Morgan fingerprint density at radius 3 is 1.06 bits per heavy atom. The van der Waals surface area contributed by atoms with Crippen LogP contribution < -0.4 is 10.6 Å². The van der Waals surface area contributed by atoms with Crippen LogP contribution >= 0.6 is 14.7 Å². The molecule has 4 nitrogen and oxygen atoms in total. The topological polar surface area (TPSA) is 52.6 Å². The van der Waals surface area contributed by atoms with E-state index in [4.69, 9.17) is 9.05 Å². The highest BCUT2D eigenvalue weighted by Gasteiger charge is 2.76. The van der Waals surface area contributed by atoms with Gasteiger partial charge in [0, 0.05) is 24.8 Å². The van der Waals surface area contributed by atoms with E-state index in [1.807, 2.05) is 97.1 Å². The molecule has 2 atom stereocenters. The quantitative estimate of drug-likeness (QED) is 0.250. The van der Waals surface area contributed by atoms with E-state index in [0.717, 1.165) is 22.3 Å². The summed E-state index contributed by atoms with van der Waals surface area (Å²) in [5, 5.41) is 0.991. The molecule has 1 aliphatic carbocycles. The third kappa shape index (κ3) is 3.44. The van der Waals surface area contributed by atoms with Crippen LogP contribution in [-0.4, -0.2) is 19.1 Å². The van der Waals surface area contributed by atoms with E-state index in [9.17, 15) is 0 Å². The fraction of sp³-hybridized carbons (Fsp3) is 0.103. The molecule has 35 heavy (non-hydrogen) atoms. The van der Waals surface area contributed by atoms with E-state index < -0.39 is 19.6 Å². The molecule has 0 bridgehead atoms. The van der Waals surface area contributed by atoms with E-state index in [0.29, 0.717) is 10.6 Å². The first kappa shape index (κ1) is 23.7. The van der Waals surface area contributed by atoms with Gasteiger partial charge in [-0.1, -0.05) is 97.1 Å². The van der Waals surface area contributed by atoms with Crippen molar-refractivity contribution in [1.29, 1.82) is 0 Å². The highest BCUT2D eigenvalue weighted by Crippen LogP contribution is 2.91. The van der Waals surface area contributed by atoms with Crippen LogP contribution in [0.25, 0.3) is 11.1 Å². The van der Waals surface area contributed by atoms with Gasteiger partial charge in [0.25, 0.3) is 14.7 Å². The Hall–Kier alpha value is -3.00. The second-order valence-electron chi connectivity index (χ2n) is 8.29. The van der Waals surface area contributed by atoms with Gasteiger partial charge in [0.2, 0.25) is 0 Å². The molecule has 5 rings (SSSR count). The summed E-state index contributed by atoms with van der Waals surface area (Å²) >= 11 is 0. The van der Waals surface area contributed by atoms with Gasteiger partial charge in [0.15, 0.2) is 4.90 Å².